The number of benzene rings is 1. The first kappa shape index (κ1) is 19.8. The first-order chi connectivity index (χ1) is 13.3. The number of anilines is 1. The molecule has 2 amide bonds. The van der Waals surface area contributed by atoms with Gasteiger partial charge in [0.15, 0.2) is 11.7 Å². The molecular formula is C20H22N4O3S. The van der Waals surface area contributed by atoms with E-state index in [2.05, 4.69) is 14.9 Å². The van der Waals surface area contributed by atoms with Gasteiger partial charge in [0.2, 0.25) is 0 Å². The lowest BCUT2D eigenvalue weighted by molar-refractivity contribution is -0.124. The highest BCUT2D eigenvalue weighted by Crippen LogP contribution is 2.31. The Morgan fingerprint density at radius 2 is 1.86 bits per heavy atom. The third-order valence-corrected chi connectivity index (χ3v) is 4.37. The van der Waals surface area contributed by atoms with E-state index in [1.807, 2.05) is 26.8 Å². The van der Waals surface area contributed by atoms with Gasteiger partial charge in [-0.2, -0.15) is 0 Å². The maximum absolute atomic E-state index is 13.3. The van der Waals surface area contributed by atoms with E-state index >= 15 is 0 Å². The van der Waals surface area contributed by atoms with Gasteiger partial charge in [-0.05, 0) is 63.5 Å². The maximum Gasteiger partial charge on any atom is 0.280 e. The number of hydrogen-bond donors (Lipinski definition) is 1. The van der Waals surface area contributed by atoms with E-state index in [1.54, 1.807) is 48.7 Å². The fraction of sp³-hybridized carbons (Fsp3) is 0.300. The molecule has 0 radical (unpaired) electrons. The van der Waals surface area contributed by atoms with Crippen LogP contribution in [-0.4, -0.2) is 26.9 Å². The number of hydrogen-bond acceptors (Lipinski definition) is 6. The monoisotopic (exact) mass is 398 g/mol. The predicted octanol–water partition coefficient (Wildman–Crippen LogP) is 3.74. The summed E-state index contributed by atoms with van der Waals surface area (Å²) in [7, 11) is 0. The molecule has 0 aliphatic rings. The zero-order valence-electron chi connectivity index (χ0n) is 16.2. The van der Waals surface area contributed by atoms with Crippen molar-refractivity contribution in [2.45, 2.75) is 39.3 Å². The minimum Gasteiger partial charge on any atom is -0.464 e. The second-order valence-corrected chi connectivity index (χ2v) is 8.00. The van der Waals surface area contributed by atoms with Crippen molar-refractivity contribution in [3.05, 3.63) is 65.1 Å². The molecule has 0 aliphatic heterocycles. The van der Waals surface area contributed by atoms with Gasteiger partial charge in [0.1, 0.15) is 11.5 Å². The Morgan fingerprint density at radius 3 is 2.39 bits per heavy atom. The van der Waals surface area contributed by atoms with Crippen LogP contribution < -0.4 is 10.2 Å². The molecule has 0 aliphatic carbocycles. The molecule has 7 nitrogen and oxygen atoms in total. The number of aromatic nitrogens is 2. The lowest BCUT2D eigenvalue weighted by atomic mass is 10.1. The molecule has 2 heterocycles. The number of nitrogens with zero attached hydrogens (tertiary/aromatic N) is 3. The summed E-state index contributed by atoms with van der Waals surface area (Å²) in [6, 6.07) is 11.5. The molecule has 0 unspecified atom stereocenters. The van der Waals surface area contributed by atoms with Gasteiger partial charge in [-0.15, -0.1) is 5.10 Å². The molecule has 3 rings (SSSR count). The highest BCUT2D eigenvalue weighted by molar-refractivity contribution is 7.03. The van der Waals surface area contributed by atoms with Crippen molar-refractivity contribution in [1.82, 2.24) is 14.9 Å². The van der Waals surface area contributed by atoms with Crippen molar-refractivity contribution < 1.29 is 14.0 Å². The standard InChI is InChI=1S/C20H22N4O3S/c1-13-10-11-16(27-13)17(18(25)21-20(2,3)4)24(14-8-6-5-7-9-14)19(26)15-12-28-23-22-15/h5-12,17H,1-4H3,(H,21,25)/t17-/m0/s1. The van der Waals surface area contributed by atoms with Crippen LogP contribution in [0.25, 0.3) is 0 Å². The van der Waals surface area contributed by atoms with Crippen LogP contribution >= 0.6 is 11.5 Å². The highest BCUT2D eigenvalue weighted by Gasteiger charge is 2.37. The minimum atomic E-state index is -0.996. The molecule has 0 saturated carbocycles. The number of carbonyl (C=O) groups excluding carboxylic acids is 2. The molecule has 3 aromatic rings. The SMILES string of the molecule is Cc1ccc([C@@H](C(=O)NC(C)(C)C)N(C(=O)c2csnn2)c2ccccc2)o1. The summed E-state index contributed by atoms with van der Waals surface area (Å²) in [5.41, 5.74) is 0.249. The molecule has 0 spiro atoms. The Morgan fingerprint density at radius 1 is 1.14 bits per heavy atom. The van der Waals surface area contributed by atoms with Crippen LogP contribution in [0.3, 0.4) is 0 Å². The number of carbonyl (C=O) groups is 2. The van der Waals surface area contributed by atoms with Gasteiger partial charge >= 0.3 is 0 Å². The second-order valence-electron chi connectivity index (χ2n) is 7.39. The third kappa shape index (κ3) is 4.45. The van der Waals surface area contributed by atoms with Gasteiger partial charge in [0, 0.05) is 16.6 Å². The van der Waals surface area contributed by atoms with E-state index in [-0.39, 0.29) is 11.6 Å². The molecular weight excluding hydrogens is 376 g/mol. The van der Waals surface area contributed by atoms with E-state index in [0.29, 0.717) is 17.2 Å². The third-order valence-electron chi connectivity index (χ3n) is 3.87. The molecule has 0 fully saturated rings. The number of para-hydroxylation sites is 1. The van der Waals surface area contributed by atoms with Crippen LogP contribution in [0, 0.1) is 6.92 Å². The number of furan rings is 1. The van der Waals surface area contributed by atoms with Crippen LogP contribution in [0.2, 0.25) is 0 Å². The highest BCUT2D eigenvalue weighted by atomic mass is 32.1. The van der Waals surface area contributed by atoms with E-state index in [4.69, 9.17) is 4.42 Å². The summed E-state index contributed by atoms with van der Waals surface area (Å²) >= 11 is 1.08. The summed E-state index contributed by atoms with van der Waals surface area (Å²) in [4.78, 5) is 28.0. The Balaban J connectivity index is 2.13. The van der Waals surface area contributed by atoms with Crippen LogP contribution in [0.4, 0.5) is 5.69 Å². The van der Waals surface area contributed by atoms with Crippen LogP contribution in [0.1, 0.15) is 48.8 Å². The Kier molecular flexibility index (Phi) is 5.60. The smallest absolute Gasteiger partial charge is 0.280 e. The van der Waals surface area contributed by atoms with Crippen molar-refractivity contribution in [3.63, 3.8) is 0 Å². The lowest BCUT2D eigenvalue weighted by Crippen LogP contribution is -2.49. The number of nitrogens with one attached hydrogen (secondary N) is 1. The molecule has 0 saturated heterocycles. The van der Waals surface area contributed by atoms with Crippen LogP contribution in [0.15, 0.2) is 52.3 Å². The van der Waals surface area contributed by atoms with E-state index in [0.717, 1.165) is 11.5 Å². The maximum atomic E-state index is 13.3. The van der Waals surface area contributed by atoms with Crippen molar-refractivity contribution >= 4 is 29.0 Å². The van der Waals surface area contributed by atoms with Gasteiger partial charge in [-0.3, -0.25) is 14.5 Å². The van der Waals surface area contributed by atoms with Crippen LogP contribution in [0.5, 0.6) is 0 Å². The largest absolute Gasteiger partial charge is 0.464 e. The van der Waals surface area contributed by atoms with Crippen molar-refractivity contribution in [3.8, 4) is 0 Å². The van der Waals surface area contributed by atoms with Gasteiger partial charge in [-0.25, -0.2) is 0 Å². The molecule has 28 heavy (non-hydrogen) atoms. The molecule has 1 atom stereocenters. The van der Waals surface area contributed by atoms with E-state index in [1.165, 1.54) is 4.90 Å². The quantitative estimate of drug-likeness (QED) is 0.707. The van der Waals surface area contributed by atoms with Crippen LogP contribution in [-0.2, 0) is 4.79 Å². The van der Waals surface area contributed by atoms with Gasteiger partial charge in [0.05, 0.1) is 0 Å². The summed E-state index contributed by atoms with van der Waals surface area (Å²) in [5, 5.41) is 8.40. The first-order valence-corrected chi connectivity index (χ1v) is 9.64. The average Bonchev–Trinajstić information content (AvgIpc) is 3.30. The van der Waals surface area contributed by atoms with E-state index in [9.17, 15) is 9.59 Å². The Bertz CT molecular complexity index is 946. The minimum absolute atomic E-state index is 0.172. The first-order valence-electron chi connectivity index (χ1n) is 8.80. The summed E-state index contributed by atoms with van der Waals surface area (Å²) in [5.74, 6) is 0.254. The summed E-state index contributed by atoms with van der Waals surface area (Å²) in [6.07, 6.45) is 0. The fourth-order valence-corrected chi connectivity index (χ4v) is 3.20. The topological polar surface area (TPSA) is 88.3 Å². The number of amides is 2. The van der Waals surface area contributed by atoms with Gasteiger partial charge in [-0.1, -0.05) is 22.7 Å². The second kappa shape index (κ2) is 7.93. The fourth-order valence-electron chi connectivity index (χ4n) is 2.77. The molecule has 0 bridgehead atoms. The summed E-state index contributed by atoms with van der Waals surface area (Å²) < 4.78 is 9.54. The van der Waals surface area contributed by atoms with Crippen molar-refractivity contribution in [1.29, 1.82) is 0 Å². The van der Waals surface area contributed by atoms with E-state index < -0.39 is 17.5 Å². The Hall–Kier alpha value is -3.00. The number of aryl methyl sites for hydroxylation is 1. The van der Waals surface area contributed by atoms with Crippen molar-refractivity contribution in [2.24, 2.45) is 0 Å². The number of rotatable bonds is 5. The van der Waals surface area contributed by atoms with Gasteiger partial charge in [0.25, 0.3) is 11.8 Å². The average molecular weight is 398 g/mol. The zero-order valence-corrected chi connectivity index (χ0v) is 17.0. The lowest BCUT2D eigenvalue weighted by Gasteiger charge is -2.32. The molecule has 2 aromatic heterocycles. The van der Waals surface area contributed by atoms with Gasteiger partial charge < -0.3 is 9.73 Å². The predicted molar refractivity (Wildman–Crippen MR) is 107 cm³/mol. The Labute approximate surface area is 167 Å². The summed E-state index contributed by atoms with van der Waals surface area (Å²) in [6.45, 7) is 7.44. The molecule has 1 N–H and O–H groups in total. The molecule has 8 heteroatoms. The molecule has 146 valence electrons. The normalized spacial score (nSPS) is 12.4. The molecule has 1 aromatic carbocycles. The van der Waals surface area contributed by atoms with Crippen molar-refractivity contribution in [2.75, 3.05) is 4.90 Å². The zero-order chi connectivity index (χ0) is 20.3.